The molecule has 136 valence electrons. The zero-order valence-electron chi connectivity index (χ0n) is 15.6. The number of hydrogen-bond acceptors (Lipinski definition) is 4. The molecule has 1 aliphatic heterocycles. The van der Waals surface area contributed by atoms with Gasteiger partial charge in [-0.2, -0.15) is 0 Å². The van der Waals surface area contributed by atoms with Crippen LogP contribution in [0.5, 0.6) is 5.75 Å². The second-order valence-corrected chi connectivity index (χ2v) is 7.09. The van der Waals surface area contributed by atoms with Crippen LogP contribution in [-0.4, -0.2) is 35.1 Å². The van der Waals surface area contributed by atoms with Crippen molar-refractivity contribution in [1.29, 1.82) is 0 Å². The molecule has 5 heteroatoms. The molecule has 2 aromatic carbocycles. The smallest absolute Gasteiger partial charge is 0.120 e. The maximum absolute atomic E-state index is 6.01. The Balaban J connectivity index is 1.58. The molecule has 2 aromatic heterocycles. The summed E-state index contributed by atoms with van der Waals surface area (Å²) in [7, 11) is 2.13. The molecule has 5 nitrogen and oxygen atoms in total. The Bertz CT molecular complexity index is 1210. The molecule has 0 fully saturated rings. The van der Waals surface area contributed by atoms with Crippen LogP contribution < -0.4 is 10.1 Å². The van der Waals surface area contributed by atoms with E-state index in [-0.39, 0.29) is 0 Å². The third-order valence-electron chi connectivity index (χ3n) is 5.47. The zero-order valence-corrected chi connectivity index (χ0v) is 15.6. The monoisotopic (exact) mass is 358 g/mol. The summed E-state index contributed by atoms with van der Waals surface area (Å²) >= 11 is 0. The first kappa shape index (κ1) is 16.1. The minimum atomic E-state index is 0.633. The Morgan fingerprint density at radius 1 is 1.15 bits per heavy atom. The van der Waals surface area contributed by atoms with Gasteiger partial charge in [-0.25, -0.2) is 0 Å². The van der Waals surface area contributed by atoms with E-state index in [0.717, 1.165) is 31.1 Å². The van der Waals surface area contributed by atoms with Crippen LogP contribution in [0.1, 0.15) is 12.0 Å². The number of ether oxygens (including phenoxy) is 1. The van der Waals surface area contributed by atoms with E-state index in [1.165, 1.54) is 38.1 Å². The molecule has 4 aromatic rings. The number of fused-ring (bicyclic) bond motifs is 4. The first-order valence-electron chi connectivity index (χ1n) is 9.38. The molecule has 0 saturated carbocycles. The van der Waals surface area contributed by atoms with Gasteiger partial charge in [-0.3, -0.25) is 9.98 Å². The Hall–Kier alpha value is -3.08. The average molecular weight is 358 g/mol. The predicted octanol–water partition coefficient (Wildman–Crippen LogP) is 3.96. The van der Waals surface area contributed by atoms with Crippen LogP contribution in [0.2, 0.25) is 0 Å². The Morgan fingerprint density at radius 3 is 2.93 bits per heavy atom. The van der Waals surface area contributed by atoms with Gasteiger partial charge in [-0.1, -0.05) is 0 Å². The minimum absolute atomic E-state index is 0.633. The highest BCUT2D eigenvalue weighted by Crippen LogP contribution is 2.36. The molecule has 1 aliphatic rings. The number of nitrogens with zero attached hydrogens (tertiary/aromatic N) is 3. The standard InChI is InChI=1S/C22H22N4O/c1-14-17-5-7-23-13-15(17)11-19-18-12-16(3-4-20(18)26(2)22(14)19)27-10-6-21-24-8-9-25-21/h3-5,7,11-13H,6,8-10H2,1-2H3,(H,24,25). The first-order valence-corrected chi connectivity index (χ1v) is 9.38. The van der Waals surface area contributed by atoms with E-state index in [9.17, 15) is 0 Å². The van der Waals surface area contributed by atoms with E-state index in [2.05, 4.69) is 64.2 Å². The topological polar surface area (TPSA) is 51.4 Å². The van der Waals surface area contributed by atoms with Gasteiger partial charge >= 0.3 is 0 Å². The normalized spacial score (nSPS) is 14.1. The predicted molar refractivity (Wildman–Crippen MR) is 111 cm³/mol. The van der Waals surface area contributed by atoms with Gasteiger partial charge in [0.2, 0.25) is 0 Å². The fourth-order valence-electron chi connectivity index (χ4n) is 4.17. The molecule has 3 heterocycles. The van der Waals surface area contributed by atoms with Crippen molar-refractivity contribution in [3.63, 3.8) is 0 Å². The fourth-order valence-corrected chi connectivity index (χ4v) is 4.17. The summed E-state index contributed by atoms with van der Waals surface area (Å²) in [4.78, 5) is 8.71. The van der Waals surface area contributed by atoms with Gasteiger partial charge in [0, 0.05) is 54.1 Å². The van der Waals surface area contributed by atoms with Crippen molar-refractivity contribution in [3.05, 3.63) is 48.3 Å². The van der Waals surface area contributed by atoms with Crippen LogP contribution in [0.15, 0.2) is 47.7 Å². The number of pyridine rings is 1. The van der Waals surface area contributed by atoms with Crippen molar-refractivity contribution >= 4 is 38.4 Å². The summed E-state index contributed by atoms with van der Waals surface area (Å²) in [5.41, 5.74) is 3.77. The molecule has 27 heavy (non-hydrogen) atoms. The maximum Gasteiger partial charge on any atom is 0.120 e. The Kier molecular flexibility index (Phi) is 3.74. The summed E-state index contributed by atoms with van der Waals surface area (Å²) in [5.74, 6) is 1.95. The van der Waals surface area contributed by atoms with Gasteiger partial charge in [-0.15, -0.1) is 0 Å². The van der Waals surface area contributed by atoms with Crippen LogP contribution in [0.4, 0.5) is 0 Å². The van der Waals surface area contributed by atoms with Crippen molar-refractivity contribution < 1.29 is 4.74 Å². The lowest BCUT2D eigenvalue weighted by atomic mass is 10.0. The highest BCUT2D eigenvalue weighted by Gasteiger charge is 2.14. The molecule has 0 atom stereocenters. The fraction of sp³-hybridized carbons (Fsp3) is 0.273. The molecule has 0 bridgehead atoms. The SMILES string of the molecule is Cc1c2ccncc2cc2c3cc(OCCC4=NCCN4)ccc3n(C)c12. The van der Waals surface area contributed by atoms with Crippen LogP contribution in [0, 0.1) is 6.92 Å². The largest absolute Gasteiger partial charge is 0.493 e. The summed E-state index contributed by atoms with van der Waals surface area (Å²) in [6, 6.07) is 10.7. The van der Waals surface area contributed by atoms with E-state index in [1.54, 1.807) is 0 Å². The lowest BCUT2D eigenvalue weighted by Gasteiger charge is -2.07. The lowest BCUT2D eigenvalue weighted by molar-refractivity contribution is 0.329. The number of aryl methyl sites for hydroxylation is 2. The van der Waals surface area contributed by atoms with Crippen LogP contribution in [0.3, 0.4) is 0 Å². The quantitative estimate of drug-likeness (QED) is 0.601. The molecule has 0 radical (unpaired) electrons. The third kappa shape index (κ3) is 2.62. The molecule has 0 saturated heterocycles. The molecular weight excluding hydrogens is 336 g/mol. The van der Waals surface area contributed by atoms with Gasteiger partial charge in [-0.05, 0) is 48.2 Å². The van der Waals surface area contributed by atoms with E-state index in [1.807, 2.05) is 12.4 Å². The summed E-state index contributed by atoms with van der Waals surface area (Å²) in [5, 5.41) is 8.18. The van der Waals surface area contributed by atoms with Gasteiger partial charge in [0.05, 0.1) is 24.5 Å². The minimum Gasteiger partial charge on any atom is -0.493 e. The van der Waals surface area contributed by atoms with Crippen molar-refractivity contribution in [2.75, 3.05) is 19.7 Å². The van der Waals surface area contributed by atoms with Crippen molar-refractivity contribution in [2.45, 2.75) is 13.3 Å². The number of nitrogens with one attached hydrogen (secondary N) is 1. The molecular formula is C22H22N4O. The van der Waals surface area contributed by atoms with Crippen LogP contribution in [0.25, 0.3) is 32.6 Å². The molecule has 1 N–H and O–H groups in total. The molecule has 0 aliphatic carbocycles. The number of aliphatic imine (C=N–C) groups is 1. The molecule has 5 rings (SSSR count). The van der Waals surface area contributed by atoms with E-state index >= 15 is 0 Å². The maximum atomic E-state index is 6.01. The second kappa shape index (κ2) is 6.27. The molecule has 0 spiro atoms. The number of rotatable bonds is 4. The summed E-state index contributed by atoms with van der Waals surface area (Å²) in [6.07, 6.45) is 4.62. The van der Waals surface area contributed by atoms with Crippen molar-refractivity contribution in [2.24, 2.45) is 12.0 Å². The van der Waals surface area contributed by atoms with Gasteiger partial charge in [0.25, 0.3) is 0 Å². The van der Waals surface area contributed by atoms with Gasteiger partial charge < -0.3 is 14.6 Å². The third-order valence-corrected chi connectivity index (χ3v) is 5.47. The Labute approximate surface area is 157 Å². The molecule has 0 unspecified atom stereocenters. The van der Waals surface area contributed by atoms with Gasteiger partial charge in [0.1, 0.15) is 5.75 Å². The van der Waals surface area contributed by atoms with Crippen molar-refractivity contribution in [3.8, 4) is 5.75 Å². The van der Waals surface area contributed by atoms with E-state index in [0.29, 0.717) is 6.61 Å². The number of aromatic nitrogens is 2. The van der Waals surface area contributed by atoms with Gasteiger partial charge in [0.15, 0.2) is 0 Å². The molecule has 0 amide bonds. The van der Waals surface area contributed by atoms with Crippen molar-refractivity contribution in [1.82, 2.24) is 14.9 Å². The lowest BCUT2D eigenvalue weighted by Crippen LogP contribution is -2.20. The first-order chi connectivity index (χ1) is 13.2. The summed E-state index contributed by atoms with van der Waals surface area (Å²) in [6.45, 7) is 4.64. The van der Waals surface area contributed by atoms with E-state index in [4.69, 9.17) is 4.74 Å². The number of hydrogen-bond donors (Lipinski definition) is 1. The number of amidine groups is 1. The summed E-state index contributed by atoms with van der Waals surface area (Å²) < 4.78 is 8.29. The van der Waals surface area contributed by atoms with E-state index < -0.39 is 0 Å². The average Bonchev–Trinajstić information content (AvgIpc) is 3.29. The van der Waals surface area contributed by atoms with Crippen LogP contribution in [-0.2, 0) is 7.05 Å². The highest BCUT2D eigenvalue weighted by atomic mass is 16.5. The number of benzene rings is 2. The second-order valence-electron chi connectivity index (χ2n) is 7.09. The highest BCUT2D eigenvalue weighted by molar-refractivity contribution is 6.14. The Morgan fingerprint density at radius 2 is 2.07 bits per heavy atom. The zero-order chi connectivity index (χ0) is 18.4. The van der Waals surface area contributed by atoms with Crippen LogP contribution >= 0.6 is 0 Å².